The number of benzene rings is 1. The molecule has 0 unspecified atom stereocenters. The van der Waals surface area contributed by atoms with E-state index in [1.54, 1.807) is 22.9 Å². The Morgan fingerprint density at radius 1 is 1.04 bits per heavy atom. The maximum absolute atomic E-state index is 12.2. The Morgan fingerprint density at radius 3 is 2.35 bits per heavy atom. The minimum Gasteiger partial charge on any atom is -0.406 e. The van der Waals surface area contributed by atoms with E-state index in [0.29, 0.717) is 22.6 Å². The SMILES string of the molecule is O=[SH](=O)Cc1ccc(-n2cncc2-c2ccc(OC(F)(F)F)cc2)nc1. The third-order valence-corrected chi connectivity index (χ3v) is 4.01. The van der Waals surface area contributed by atoms with Crippen LogP contribution in [-0.2, 0) is 16.5 Å². The lowest BCUT2D eigenvalue weighted by molar-refractivity contribution is -0.274. The van der Waals surface area contributed by atoms with Crippen molar-refractivity contribution in [3.63, 3.8) is 0 Å². The van der Waals surface area contributed by atoms with E-state index in [1.165, 1.54) is 36.8 Å². The van der Waals surface area contributed by atoms with Gasteiger partial charge in [0.25, 0.3) is 0 Å². The molecule has 0 aliphatic heterocycles. The Balaban J connectivity index is 1.86. The van der Waals surface area contributed by atoms with Crippen LogP contribution in [0.2, 0.25) is 0 Å². The smallest absolute Gasteiger partial charge is 0.406 e. The van der Waals surface area contributed by atoms with E-state index < -0.39 is 17.1 Å². The van der Waals surface area contributed by atoms with E-state index in [0.717, 1.165) is 0 Å². The Hall–Kier alpha value is -2.88. The molecule has 0 bridgehead atoms. The number of imidazole rings is 1. The molecule has 0 spiro atoms. The Bertz CT molecular complexity index is 957. The number of nitrogens with zero attached hydrogens (tertiary/aromatic N) is 3. The first kappa shape index (κ1) is 17.9. The molecular formula is C16H12F3N3O3S. The zero-order chi connectivity index (χ0) is 18.7. The maximum atomic E-state index is 12.2. The number of halogens is 3. The molecule has 10 heteroatoms. The van der Waals surface area contributed by atoms with E-state index in [9.17, 15) is 21.6 Å². The summed E-state index contributed by atoms with van der Waals surface area (Å²) in [6, 6.07) is 8.65. The predicted octanol–water partition coefficient (Wildman–Crippen LogP) is 2.94. The van der Waals surface area contributed by atoms with Gasteiger partial charge in [0.05, 0.1) is 17.6 Å². The van der Waals surface area contributed by atoms with Crippen molar-refractivity contribution < 1.29 is 26.3 Å². The van der Waals surface area contributed by atoms with Gasteiger partial charge in [-0.05, 0) is 35.9 Å². The van der Waals surface area contributed by atoms with Crippen LogP contribution in [-0.4, -0.2) is 29.3 Å². The van der Waals surface area contributed by atoms with Crippen LogP contribution in [0.4, 0.5) is 13.2 Å². The summed E-state index contributed by atoms with van der Waals surface area (Å²) in [4.78, 5) is 8.25. The molecule has 0 N–H and O–H groups in total. The second-order valence-corrected chi connectivity index (χ2v) is 6.22. The van der Waals surface area contributed by atoms with Crippen molar-refractivity contribution in [1.82, 2.24) is 14.5 Å². The van der Waals surface area contributed by atoms with Crippen molar-refractivity contribution in [3.8, 4) is 22.8 Å². The number of pyridine rings is 1. The first-order valence-electron chi connectivity index (χ1n) is 7.27. The molecule has 0 aliphatic rings. The van der Waals surface area contributed by atoms with Gasteiger partial charge in [-0.3, -0.25) is 4.57 Å². The molecule has 6 nitrogen and oxygen atoms in total. The second-order valence-electron chi connectivity index (χ2n) is 5.24. The van der Waals surface area contributed by atoms with E-state index >= 15 is 0 Å². The number of alkyl halides is 3. The lowest BCUT2D eigenvalue weighted by atomic mass is 10.1. The fourth-order valence-corrected chi connectivity index (χ4v) is 2.81. The monoisotopic (exact) mass is 383 g/mol. The number of hydrogen-bond acceptors (Lipinski definition) is 5. The Morgan fingerprint density at radius 2 is 1.77 bits per heavy atom. The molecule has 0 fully saturated rings. The number of thiol groups is 1. The molecule has 1 aromatic carbocycles. The quantitative estimate of drug-likeness (QED) is 0.686. The average Bonchev–Trinajstić information content (AvgIpc) is 3.04. The largest absolute Gasteiger partial charge is 0.573 e. The summed E-state index contributed by atoms with van der Waals surface area (Å²) in [6.45, 7) is 0. The molecule has 136 valence electrons. The maximum Gasteiger partial charge on any atom is 0.573 e. The standard InChI is InChI=1S/C16H12F3N3O3S/c17-16(18,19)25-13-4-2-12(3-5-13)14-8-20-10-22(14)15-6-1-11(7-21-15)9-26(23)24/h1-8,10,26H,9H2. The molecule has 3 rings (SSSR count). The Labute approximate surface area is 147 Å². The van der Waals surface area contributed by atoms with Gasteiger partial charge in [0.2, 0.25) is 0 Å². The molecule has 0 atom stereocenters. The van der Waals surface area contributed by atoms with Gasteiger partial charge in [-0.15, -0.1) is 13.2 Å². The van der Waals surface area contributed by atoms with Gasteiger partial charge in [0, 0.05) is 11.8 Å². The molecule has 0 saturated heterocycles. The molecule has 3 aromatic rings. The van der Waals surface area contributed by atoms with E-state index in [4.69, 9.17) is 0 Å². The van der Waals surface area contributed by atoms with Gasteiger partial charge in [-0.1, -0.05) is 6.07 Å². The van der Waals surface area contributed by atoms with Crippen molar-refractivity contribution in [1.29, 1.82) is 0 Å². The van der Waals surface area contributed by atoms with Crippen LogP contribution in [0.5, 0.6) is 5.75 Å². The van der Waals surface area contributed by atoms with Crippen molar-refractivity contribution in [2.75, 3.05) is 0 Å². The second kappa shape index (κ2) is 7.16. The molecule has 26 heavy (non-hydrogen) atoms. The van der Waals surface area contributed by atoms with Crippen LogP contribution < -0.4 is 4.74 Å². The minimum absolute atomic E-state index is 0.0972. The van der Waals surface area contributed by atoms with Crippen molar-refractivity contribution in [2.45, 2.75) is 12.1 Å². The fourth-order valence-electron chi connectivity index (χ4n) is 2.32. The number of ether oxygens (including phenoxy) is 1. The molecule has 0 amide bonds. The molecule has 0 saturated carbocycles. The Kier molecular flexibility index (Phi) is 4.94. The highest BCUT2D eigenvalue weighted by Crippen LogP contribution is 2.27. The lowest BCUT2D eigenvalue weighted by Crippen LogP contribution is -2.16. The van der Waals surface area contributed by atoms with E-state index in [2.05, 4.69) is 14.7 Å². The summed E-state index contributed by atoms with van der Waals surface area (Å²) in [7, 11) is -2.54. The zero-order valence-electron chi connectivity index (χ0n) is 13.1. The summed E-state index contributed by atoms with van der Waals surface area (Å²) in [6.07, 6.45) is -0.247. The van der Waals surface area contributed by atoms with Crippen LogP contribution >= 0.6 is 0 Å². The van der Waals surface area contributed by atoms with Gasteiger partial charge in [0.15, 0.2) is 0 Å². The average molecular weight is 383 g/mol. The van der Waals surface area contributed by atoms with Gasteiger partial charge < -0.3 is 4.74 Å². The van der Waals surface area contributed by atoms with E-state index in [1.807, 2.05) is 0 Å². The van der Waals surface area contributed by atoms with Gasteiger partial charge in [-0.25, -0.2) is 18.4 Å². The number of hydrogen-bond donors (Lipinski definition) is 1. The van der Waals surface area contributed by atoms with Crippen molar-refractivity contribution in [2.24, 2.45) is 0 Å². The van der Waals surface area contributed by atoms with Gasteiger partial charge in [0.1, 0.15) is 28.6 Å². The van der Waals surface area contributed by atoms with Crippen molar-refractivity contribution >= 4 is 10.7 Å². The third-order valence-electron chi connectivity index (χ3n) is 3.39. The van der Waals surface area contributed by atoms with Crippen molar-refractivity contribution in [3.05, 3.63) is 60.7 Å². The topological polar surface area (TPSA) is 74.1 Å². The summed E-state index contributed by atoms with van der Waals surface area (Å²) in [5.74, 6) is 0.0829. The van der Waals surface area contributed by atoms with Crippen LogP contribution in [0.3, 0.4) is 0 Å². The molecule has 0 radical (unpaired) electrons. The highest BCUT2D eigenvalue weighted by atomic mass is 32.2. The van der Waals surface area contributed by atoms with Gasteiger partial charge in [-0.2, -0.15) is 0 Å². The van der Waals surface area contributed by atoms with Crippen LogP contribution in [0.15, 0.2) is 55.1 Å². The minimum atomic E-state index is -4.75. The van der Waals surface area contributed by atoms with Gasteiger partial charge >= 0.3 is 6.36 Å². The summed E-state index contributed by atoms with van der Waals surface area (Å²) in [5.41, 5.74) is 1.78. The van der Waals surface area contributed by atoms with Crippen LogP contribution in [0, 0.1) is 0 Å². The fraction of sp³-hybridized carbons (Fsp3) is 0.125. The predicted molar refractivity (Wildman–Crippen MR) is 87.5 cm³/mol. The van der Waals surface area contributed by atoms with E-state index in [-0.39, 0.29) is 11.5 Å². The van der Waals surface area contributed by atoms with Crippen LogP contribution in [0.1, 0.15) is 5.56 Å². The zero-order valence-corrected chi connectivity index (χ0v) is 13.9. The third kappa shape index (κ3) is 4.39. The van der Waals surface area contributed by atoms with Crippen LogP contribution in [0.25, 0.3) is 17.1 Å². The summed E-state index contributed by atoms with van der Waals surface area (Å²) in [5, 5.41) is 0. The molecular weight excluding hydrogens is 371 g/mol. The molecule has 0 aliphatic carbocycles. The summed E-state index contributed by atoms with van der Waals surface area (Å²) < 4.78 is 63.7. The number of aromatic nitrogens is 3. The highest BCUT2D eigenvalue weighted by Gasteiger charge is 2.31. The number of rotatable bonds is 5. The first-order chi connectivity index (χ1) is 12.3. The normalized spacial score (nSPS) is 11.7. The lowest BCUT2D eigenvalue weighted by Gasteiger charge is -2.10. The summed E-state index contributed by atoms with van der Waals surface area (Å²) >= 11 is 0. The highest BCUT2D eigenvalue weighted by molar-refractivity contribution is 7.71. The first-order valence-corrected chi connectivity index (χ1v) is 8.64. The molecule has 2 heterocycles. The molecule has 2 aromatic heterocycles.